The number of hydrogen-bond acceptors (Lipinski definition) is 6. The first-order chi connectivity index (χ1) is 10.1. The molecule has 0 radical (unpaired) electrons. The molecular formula is C11H12N6O4. The van der Waals surface area contributed by atoms with Crippen molar-refractivity contribution < 1.29 is 14.5 Å². The van der Waals surface area contributed by atoms with Crippen LogP contribution in [0.2, 0.25) is 0 Å². The van der Waals surface area contributed by atoms with Gasteiger partial charge in [-0.3, -0.25) is 0 Å². The van der Waals surface area contributed by atoms with E-state index in [1.807, 2.05) is 6.07 Å². The standard InChI is InChI=1S/C11H12N6O4/c1-20-10-6-8(2-3-9(10)21-5-4-12)7-14-15-11(13)16-17(18)19/h2-3,6-7H,5H2,1H3,(H3,13,15,16). The molecule has 0 bridgehead atoms. The largest absolute Gasteiger partial charge is 0.493 e. The van der Waals surface area contributed by atoms with Crippen molar-refractivity contribution in [2.45, 2.75) is 0 Å². The van der Waals surface area contributed by atoms with Crippen LogP contribution in [0.3, 0.4) is 0 Å². The van der Waals surface area contributed by atoms with Crippen molar-refractivity contribution in [2.24, 2.45) is 15.9 Å². The Bertz CT molecular complexity index is 607. The van der Waals surface area contributed by atoms with Crippen LogP contribution in [0.25, 0.3) is 0 Å². The van der Waals surface area contributed by atoms with E-state index >= 15 is 0 Å². The lowest BCUT2D eigenvalue weighted by molar-refractivity contribution is -0.485. The summed E-state index contributed by atoms with van der Waals surface area (Å²) < 4.78 is 10.3. The van der Waals surface area contributed by atoms with Gasteiger partial charge in [0.2, 0.25) is 0 Å². The number of benzene rings is 1. The number of hydrogen-bond donors (Lipinski definition) is 2. The van der Waals surface area contributed by atoms with Crippen molar-refractivity contribution in [1.82, 2.24) is 5.43 Å². The van der Waals surface area contributed by atoms with Crippen molar-refractivity contribution in [3.05, 3.63) is 33.9 Å². The highest BCUT2D eigenvalue weighted by Crippen LogP contribution is 2.27. The fraction of sp³-hybridized carbons (Fsp3) is 0.182. The van der Waals surface area contributed by atoms with E-state index in [4.69, 9.17) is 20.5 Å². The monoisotopic (exact) mass is 292 g/mol. The lowest BCUT2D eigenvalue weighted by Gasteiger charge is -2.08. The average molecular weight is 292 g/mol. The highest BCUT2D eigenvalue weighted by atomic mass is 16.7. The first kappa shape index (κ1) is 15.7. The fourth-order valence-electron chi connectivity index (χ4n) is 1.28. The van der Waals surface area contributed by atoms with Gasteiger partial charge in [0, 0.05) is 0 Å². The molecule has 0 heterocycles. The number of hydrazone groups is 2. The first-order valence-electron chi connectivity index (χ1n) is 5.52. The number of nitrogens with zero attached hydrogens (tertiary/aromatic N) is 4. The Kier molecular flexibility index (Phi) is 5.95. The summed E-state index contributed by atoms with van der Waals surface area (Å²) >= 11 is 0. The van der Waals surface area contributed by atoms with Crippen molar-refractivity contribution >= 4 is 12.2 Å². The molecule has 0 unspecified atom stereocenters. The number of nitrogens with one attached hydrogen (secondary N) is 1. The Morgan fingerprint density at radius 3 is 3.00 bits per heavy atom. The molecule has 110 valence electrons. The third kappa shape index (κ3) is 5.43. The molecule has 0 fully saturated rings. The van der Waals surface area contributed by atoms with E-state index in [1.165, 1.54) is 13.3 Å². The van der Waals surface area contributed by atoms with Crippen LogP contribution in [-0.2, 0) is 0 Å². The van der Waals surface area contributed by atoms with Gasteiger partial charge in [-0.2, -0.15) is 10.4 Å². The summed E-state index contributed by atoms with van der Waals surface area (Å²) in [5, 5.41) is 24.0. The fourth-order valence-corrected chi connectivity index (χ4v) is 1.28. The zero-order valence-corrected chi connectivity index (χ0v) is 11.0. The van der Waals surface area contributed by atoms with Crippen LogP contribution >= 0.6 is 0 Å². The predicted octanol–water partition coefficient (Wildman–Crippen LogP) is 0.0275. The van der Waals surface area contributed by atoms with E-state index < -0.39 is 11.0 Å². The molecule has 0 aliphatic rings. The minimum atomic E-state index is -0.942. The van der Waals surface area contributed by atoms with Crippen LogP contribution < -0.4 is 20.6 Å². The van der Waals surface area contributed by atoms with Crippen molar-refractivity contribution in [1.29, 1.82) is 5.26 Å². The molecular weight excluding hydrogens is 280 g/mol. The summed E-state index contributed by atoms with van der Waals surface area (Å²) in [7, 11) is 1.45. The third-order valence-electron chi connectivity index (χ3n) is 2.06. The first-order valence-corrected chi connectivity index (χ1v) is 5.52. The number of nitro groups is 1. The Balaban J connectivity index is 2.76. The van der Waals surface area contributed by atoms with Gasteiger partial charge in [-0.05, 0) is 23.8 Å². The highest BCUT2D eigenvalue weighted by molar-refractivity contribution is 5.83. The summed E-state index contributed by atoms with van der Waals surface area (Å²) in [6.45, 7) is -0.0980. The van der Waals surface area contributed by atoms with E-state index in [0.29, 0.717) is 17.1 Å². The molecule has 0 spiro atoms. The Morgan fingerprint density at radius 2 is 2.38 bits per heavy atom. The molecule has 0 aliphatic heterocycles. The molecule has 0 aromatic heterocycles. The Hall–Kier alpha value is -3.35. The topological polar surface area (TPSA) is 148 Å². The molecule has 10 heteroatoms. The van der Waals surface area contributed by atoms with Gasteiger partial charge in [0.25, 0.3) is 5.96 Å². The quantitative estimate of drug-likeness (QED) is 0.325. The summed E-state index contributed by atoms with van der Waals surface area (Å²) in [5.41, 5.74) is 7.99. The maximum atomic E-state index is 10.0. The molecule has 21 heavy (non-hydrogen) atoms. The predicted molar refractivity (Wildman–Crippen MR) is 73.4 cm³/mol. The number of rotatable bonds is 6. The zero-order chi connectivity index (χ0) is 15.7. The molecule has 3 N–H and O–H groups in total. The second-order valence-electron chi connectivity index (χ2n) is 3.45. The number of nitrogens with two attached hydrogens (primary N) is 1. The van der Waals surface area contributed by atoms with E-state index in [2.05, 4.69) is 15.6 Å². The van der Waals surface area contributed by atoms with Crippen molar-refractivity contribution in [3.8, 4) is 17.6 Å². The lowest BCUT2D eigenvalue weighted by Crippen LogP contribution is -2.28. The summed E-state index contributed by atoms with van der Waals surface area (Å²) in [6, 6.07) is 6.72. The second-order valence-corrected chi connectivity index (χ2v) is 3.45. The van der Waals surface area contributed by atoms with Gasteiger partial charge in [-0.1, -0.05) is 0 Å². The zero-order valence-electron chi connectivity index (χ0n) is 11.0. The van der Waals surface area contributed by atoms with Crippen LogP contribution in [0.4, 0.5) is 0 Å². The van der Waals surface area contributed by atoms with Crippen molar-refractivity contribution in [3.63, 3.8) is 0 Å². The molecule has 1 aromatic rings. The summed E-state index contributed by atoms with van der Waals surface area (Å²) in [4.78, 5) is 10.0. The van der Waals surface area contributed by atoms with Gasteiger partial charge in [0.1, 0.15) is 11.2 Å². The van der Waals surface area contributed by atoms with Gasteiger partial charge < -0.3 is 15.2 Å². The minimum Gasteiger partial charge on any atom is -0.493 e. The average Bonchev–Trinajstić information content (AvgIpc) is 2.44. The smallest absolute Gasteiger partial charge is 0.286 e. The molecule has 0 aliphatic carbocycles. The van der Waals surface area contributed by atoms with Crippen LogP contribution in [0.1, 0.15) is 5.56 Å². The minimum absolute atomic E-state index is 0.0980. The number of guanidine groups is 1. The highest BCUT2D eigenvalue weighted by Gasteiger charge is 2.04. The van der Waals surface area contributed by atoms with Gasteiger partial charge in [-0.25, -0.2) is 15.5 Å². The second kappa shape index (κ2) is 7.95. The van der Waals surface area contributed by atoms with Gasteiger partial charge in [0.15, 0.2) is 23.1 Å². The third-order valence-corrected chi connectivity index (χ3v) is 2.06. The molecule has 0 atom stereocenters. The van der Waals surface area contributed by atoms with Crippen LogP contribution in [0.15, 0.2) is 28.4 Å². The van der Waals surface area contributed by atoms with E-state index in [1.54, 1.807) is 18.2 Å². The number of nitriles is 1. The SMILES string of the molecule is COc1cc(C=NNC(N)=N[N+](=O)[O-])ccc1OCC#N. The molecule has 10 nitrogen and oxygen atoms in total. The Labute approximate surface area is 119 Å². The summed E-state index contributed by atoms with van der Waals surface area (Å²) in [6.07, 6.45) is 1.36. The van der Waals surface area contributed by atoms with Gasteiger partial charge in [-0.15, -0.1) is 0 Å². The van der Waals surface area contributed by atoms with Crippen LogP contribution in [0, 0.1) is 21.4 Å². The molecule has 0 amide bonds. The van der Waals surface area contributed by atoms with Gasteiger partial charge >= 0.3 is 0 Å². The molecule has 0 saturated heterocycles. The van der Waals surface area contributed by atoms with E-state index in [0.717, 1.165) is 0 Å². The summed E-state index contributed by atoms with van der Waals surface area (Å²) in [5.74, 6) is 0.386. The molecule has 1 rings (SSSR count). The van der Waals surface area contributed by atoms with Gasteiger partial charge in [0.05, 0.1) is 13.3 Å². The number of ether oxygens (including phenoxy) is 2. The van der Waals surface area contributed by atoms with E-state index in [-0.39, 0.29) is 6.61 Å². The number of methoxy groups -OCH3 is 1. The van der Waals surface area contributed by atoms with E-state index in [9.17, 15) is 10.1 Å². The molecule has 0 saturated carbocycles. The maximum absolute atomic E-state index is 10.0. The van der Waals surface area contributed by atoms with Crippen LogP contribution in [0.5, 0.6) is 11.5 Å². The maximum Gasteiger partial charge on any atom is 0.286 e. The lowest BCUT2D eigenvalue weighted by atomic mass is 10.2. The van der Waals surface area contributed by atoms with Crippen LogP contribution in [-0.4, -0.2) is 30.9 Å². The molecule has 1 aromatic carbocycles. The van der Waals surface area contributed by atoms with Crippen molar-refractivity contribution in [2.75, 3.05) is 13.7 Å². The Morgan fingerprint density at radius 1 is 1.62 bits per heavy atom. The normalized spacial score (nSPS) is 11.0.